The molecule has 0 radical (unpaired) electrons. The normalized spacial score (nSPS) is 13.0. The number of allylic oxidation sites excluding steroid dienone is 7. The van der Waals surface area contributed by atoms with Gasteiger partial charge >= 0.3 is 5.97 Å². The zero-order valence-electron chi connectivity index (χ0n) is 43.9. The van der Waals surface area contributed by atoms with Crippen molar-refractivity contribution < 1.29 is 24.5 Å². The first-order valence-corrected chi connectivity index (χ1v) is 28.9. The van der Waals surface area contributed by atoms with Crippen LogP contribution in [0.15, 0.2) is 48.6 Å². The van der Waals surface area contributed by atoms with Gasteiger partial charge in [0.25, 0.3) is 0 Å². The minimum atomic E-state index is -0.854. The summed E-state index contributed by atoms with van der Waals surface area (Å²) in [6.07, 6.45) is 69.8. The molecule has 0 saturated heterocycles. The number of unbranched alkanes of at least 4 members (excludes halogenated alkanes) is 36. The number of amides is 1. The highest BCUT2D eigenvalue weighted by Gasteiger charge is 2.18. The molecule has 0 fully saturated rings. The lowest BCUT2D eigenvalue weighted by Crippen LogP contribution is -2.45. The first-order chi connectivity index (χ1) is 32.5. The zero-order chi connectivity index (χ0) is 47.9. The molecule has 0 aromatic rings. The van der Waals surface area contributed by atoms with Gasteiger partial charge in [-0.25, -0.2) is 0 Å². The average Bonchev–Trinajstić information content (AvgIpc) is 3.32. The van der Waals surface area contributed by atoms with E-state index in [1.165, 1.54) is 199 Å². The van der Waals surface area contributed by atoms with Crippen LogP contribution in [0.5, 0.6) is 0 Å². The average molecular weight is 927 g/mol. The third-order valence-electron chi connectivity index (χ3n) is 13.1. The molecular weight excluding hydrogens is 815 g/mol. The topological polar surface area (TPSA) is 95.9 Å². The van der Waals surface area contributed by atoms with Gasteiger partial charge in [0.1, 0.15) is 0 Å². The van der Waals surface area contributed by atoms with Gasteiger partial charge in [-0.1, -0.05) is 242 Å². The van der Waals surface area contributed by atoms with E-state index in [0.29, 0.717) is 19.4 Å². The Hall–Kier alpha value is -2.18. The van der Waals surface area contributed by atoms with Crippen LogP contribution in [0.2, 0.25) is 0 Å². The number of carbonyl (C=O) groups excluding carboxylic acids is 2. The van der Waals surface area contributed by atoms with Gasteiger partial charge in [-0.15, -0.1) is 0 Å². The van der Waals surface area contributed by atoms with E-state index < -0.39 is 12.1 Å². The van der Waals surface area contributed by atoms with E-state index in [9.17, 15) is 19.8 Å². The molecule has 66 heavy (non-hydrogen) atoms. The van der Waals surface area contributed by atoms with Crippen molar-refractivity contribution in [3.05, 3.63) is 48.6 Å². The molecule has 0 aliphatic heterocycles. The predicted molar refractivity (Wildman–Crippen MR) is 287 cm³/mol. The van der Waals surface area contributed by atoms with Gasteiger partial charge in [-0.2, -0.15) is 0 Å². The second-order valence-corrected chi connectivity index (χ2v) is 19.6. The molecular formula is C60H111NO5. The van der Waals surface area contributed by atoms with E-state index in [-0.39, 0.29) is 18.5 Å². The number of rotatable bonds is 53. The highest BCUT2D eigenvalue weighted by molar-refractivity contribution is 5.76. The van der Waals surface area contributed by atoms with Gasteiger partial charge in [-0.05, 0) is 89.9 Å². The van der Waals surface area contributed by atoms with Crippen LogP contribution in [0, 0.1) is 0 Å². The van der Waals surface area contributed by atoms with Crippen LogP contribution in [-0.2, 0) is 14.3 Å². The number of carbonyl (C=O) groups is 2. The number of ether oxygens (including phenoxy) is 1. The molecule has 6 heteroatoms. The van der Waals surface area contributed by atoms with Crippen molar-refractivity contribution in [2.45, 2.75) is 309 Å². The number of aliphatic hydroxyl groups is 2. The van der Waals surface area contributed by atoms with Crippen LogP contribution < -0.4 is 5.32 Å². The van der Waals surface area contributed by atoms with Crippen molar-refractivity contribution in [3.63, 3.8) is 0 Å². The van der Waals surface area contributed by atoms with Gasteiger partial charge in [0, 0.05) is 12.8 Å². The molecule has 0 aromatic heterocycles. The Balaban J connectivity index is 3.49. The molecule has 386 valence electrons. The number of esters is 1. The van der Waals surface area contributed by atoms with Crippen LogP contribution in [0.4, 0.5) is 0 Å². The molecule has 3 N–H and O–H groups in total. The molecule has 0 aromatic carbocycles. The Morgan fingerprint density at radius 3 is 1.18 bits per heavy atom. The van der Waals surface area contributed by atoms with Crippen molar-refractivity contribution in [1.29, 1.82) is 0 Å². The predicted octanol–water partition coefficient (Wildman–Crippen LogP) is 17.8. The molecule has 0 spiro atoms. The van der Waals surface area contributed by atoms with Crippen LogP contribution >= 0.6 is 0 Å². The summed E-state index contributed by atoms with van der Waals surface area (Å²) in [5.41, 5.74) is 0. The smallest absolute Gasteiger partial charge is 0.305 e. The molecule has 2 atom stereocenters. The Morgan fingerprint density at radius 2 is 0.758 bits per heavy atom. The fraction of sp³-hybridized carbons (Fsp3) is 0.833. The first-order valence-electron chi connectivity index (χ1n) is 28.9. The van der Waals surface area contributed by atoms with Crippen LogP contribution in [-0.4, -0.2) is 47.4 Å². The van der Waals surface area contributed by atoms with Crippen molar-refractivity contribution in [2.75, 3.05) is 13.2 Å². The fourth-order valence-corrected chi connectivity index (χ4v) is 8.60. The summed E-state index contributed by atoms with van der Waals surface area (Å²) < 4.78 is 5.47. The summed E-state index contributed by atoms with van der Waals surface area (Å²) in [6.45, 7) is 4.86. The van der Waals surface area contributed by atoms with Crippen LogP contribution in [0.3, 0.4) is 0 Å². The van der Waals surface area contributed by atoms with E-state index in [2.05, 4.69) is 55.6 Å². The number of nitrogens with one attached hydrogen (secondary N) is 1. The summed E-state index contributed by atoms with van der Waals surface area (Å²) in [5, 5.41) is 23.1. The SMILES string of the molecule is CCCCCC/C=C\C/C=C\CCCCCCCC(=O)OCCCCCCCCCCC/C=C\CCCCCCCC(=O)NC(CO)C(O)/C=C/CCCCCCCCCCCCCCC. The third-order valence-corrected chi connectivity index (χ3v) is 13.1. The van der Waals surface area contributed by atoms with E-state index in [1.54, 1.807) is 6.08 Å². The number of hydrogen-bond acceptors (Lipinski definition) is 5. The number of aliphatic hydroxyl groups excluding tert-OH is 2. The molecule has 0 saturated carbocycles. The molecule has 0 heterocycles. The van der Waals surface area contributed by atoms with Crippen molar-refractivity contribution in [2.24, 2.45) is 0 Å². The second kappa shape index (κ2) is 55.4. The van der Waals surface area contributed by atoms with Gasteiger partial charge in [0.2, 0.25) is 5.91 Å². The largest absolute Gasteiger partial charge is 0.466 e. The quantitative estimate of drug-likeness (QED) is 0.0321. The summed E-state index contributed by atoms with van der Waals surface area (Å²) in [4.78, 5) is 24.5. The van der Waals surface area contributed by atoms with Crippen molar-refractivity contribution in [1.82, 2.24) is 5.32 Å². The number of hydrogen-bond donors (Lipinski definition) is 3. The maximum atomic E-state index is 12.4. The lowest BCUT2D eigenvalue weighted by Gasteiger charge is -2.20. The Bertz CT molecular complexity index is 1110. The summed E-state index contributed by atoms with van der Waals surface area (Å²) >= 11 is 0. The Kier molecular flexibility index (Phi) is 53.6. The molecule has 2 unspecified atom stereocenters. The van der Waals surface area contributed by atoms with Gasteiger partial charge < -0.3 is 20.3 Å². The van der Waals surface area contributed by atoms with E-state index in [0.717, 1.165) is 70.6 Å². The van der Waals surface area contributed by atoms with E-state index in [4.69, 9.17) is 4.74 Å². The highest BCUT2D eigenvalue weighted by Crippen LogP contribution is 2.15. The van der Waals surface area contributed by atoms with Gasteiger partial charge in [0.15, 0.2) is 0 Å². The van der Waals surface area contributed by atoms with Crippen LogP contribution in [0.1, 0.15) is 296 Å². The zero-order valence-corrected chi connectivity index (χ0v) is 43.9. The van der Waals surface area contributed by atoms with Gasteiger partial charge in [0.05, 0.1) is 25.4 Å². The highest BCUT2D eigenvalue weighted by atomic mass is 16.5. The molecule has 0 aliphatic rings. The summed E-state index contributed by atoms with van der Waals surface area (Å²) in [6, 6.07) is -0.639. The monoisotopic (exact) mass is 926 g/mol. The maximum absolute atomic E-state index is 12.4. The molecule has 0 bridgehead atoms. The van der Waals surface area contributed by atoms with Crippen LogP contribution in [0.25, 0.3) is 0 Å². The summed E-state index contributed by atoms with van der Waals surface area (Å²) in [5.74, 6) is -0.0947. The lowest BCUT2D eigenvalue weighted by atomic mass is 10.0. The Morgan fingerprint density at radius 1 is 0.424 bits per heavy atom. The van der Waals surface area contributed by atoms with E-state index in [1.807, 2.05) is 6.08 Å². The fourth-order valence-electron chi connectivity index (χ4n) is 8.60. The first kappa shape index (κ1) is 63.8. The third kappa shape index (κ3) is 51.2. The molecule has 0 rings (SSSR count). The standard InChI is InChI=1S/C60H111NO5/c1-3-5-7-9-11-13-15-17-19-26-30-34-38-42-46-50-54-60(65)66-55-51-47-43-39-35-31-27-23-21-20-22-25-29-33-37-41-45-49-53-59(64)61-57(56-62)58(63)52-48-44-40-36-32-28-24-18-16-14-12-10-8-6-4-2/h13,15,19,22,25-26,48,52,57-58,62-63H,3-12,14,16-18,20-21,23-24,27-47,49-51,53-56H2,1-2H3,(H,61,64)/b15-13-,25-22-,26-19-,52-48+. The summed E-state index contributed by atoms with van der Waals surface area (Å²) in [7, 11) is 0. The van der Waals surface area contributed by atoms with Gasteiger partial charge in [-0.3, -0.25) is 9.59 Å². The van der Waals surface area contributed by atoms with Crippen molar-refractivity contribution in [3.8, 4) is 0 Å². The minimum Gasteiger partial charge on any atom is -0.466 e. The maximum Gasteiger partial charge on any atom is 0.305 e. The van der Waals surface area contributed by atoms with E-state index >= 15 is 0 Å². The van der Waals surface area contributed by atoms with Crippen molar-refractivity contribution >= 4 is 11.9 Å². The molecule has 6 nitrogen and oxygen atoms in total. The second-order valence-electron chi connectivity index (χ2n) is 19.6. The molecule has 1 amide bonds. The minimum absolute atomic E-state index is 0.0119. The lowest BCUT2D eigenvalue weighted by molar-refractivity contribution is -0.143. The molecule has 0 aliphatic carbocycles. The Labute approximate surface area is 410 Å².